The van der Waals surface area contributed by atoms with Crippen LogP contribution in [0, 0.1) is 0 Å². The fourth-order valence-corrected chi connectivity index (χ4v) is 3.44. The van der Waals surface area contributed by atoms with Crippen LogP contribution in [0.15, 0.2) is 46.9 Å². The lowest BCUT2D eigenvalue weighted by atomic mass is 10.1. The molecule has 1 aliphatic rings. The summed E-state index contributed by atoms with van der Waals surface area (Å²) in [5.74, 6) is -1.92. The predicted octanol–water partition coefficient (Wildman–Crippen LogP) is 2.94. The number of carbonyl (C=O) groups is 3. The number of likely N-dealkylation sites (N-methyl/N-ethyl adjacent to an activating group) is 1. The lowest BCUT2D eigenvalue weighted by Gasteiger charge is -2.15. The molecule has 6 nitrogen and oxygen atoms in total. The van der Waals surface area contributed by atoms with Crippen molar-refractivity contribution >= 4 is 50.9 Å². The van der Waals surface area contributed by atoms with E-state index in [0.717, 1.165) is 15.7 Å². The molecule has 2 aromatic carbocycles. The van der Waals surface area contributed by atoms with Crippen LogP contribution in [-0.2, 0) is 20.9 Å². The zero-order chi connectivity index (χ0) is 19.6. The molecule has 1 aliphatic heterocycles. The topological polar surface area (TPSA) is 78.5 Å². The first-order valence-corrected chi connectivity index (χ1v) is 9.51. The number of nitrogens with one attached hydrogen (secondary N) is 2. The summed E-state index contributed by atoms with van der Waals surface area (Å²) >= 11 is 9.19. The summed E-state index contributed by atoms with van der Waals surface area (Å²) in [5.41, 5.74) is 2.21. The van der Waals surface area contributed by atoms with Gasteiger partial charge in [0, 0.05) is 33.8 Å². The Morgan fingerprint density at radius 1 is 1.15 bits per heavy atom. The molecule has 0 aromatic heterocycles. The number of carbonyl (C=O) groups excluding carboxylic acids is 3. The number of benzene rings is 2. The monoisotopic (exact) mass is 449 g/mol. The van der Waals surface area contributed by atoms with E-state index in [1.165, 1.54) is 0 Å². The molecule has 0 bridgehead atoms. The summed E-state index contributed by atoms with van der Waals surface area (Å²) in [7, 11) is 0. The minimum absolute atomic E-state index is 0.186. The van der Waals surface area contributed by atoms with Crippen LogP contribution in [0.4, 0.5) is 5.69 Å². The smallest absolute Gasteiger partial charge is 0.310 e. The Kier molecular flexibility index (Phi) is 5.82. The Morgan fingerprint density at radius 2 is 1.85 bits per heavy atom. The van der Waals surface area contributed by atoms with E-state index in [2.05, 4.69) is 26.6 Å². The maximum Gasteiger partial charge on any atom is 0.310 e. The average Bonchev–Trinajstić information content (AvgIpc) is 2.91. The third kappa shape index (κ3) is 4.14. The minimum atomic E-state index is -0.883. The number of halogens is 2. The van der Waals surface area contributed by atoms with Crippen LogP contribution in [0.3, 0.4) is 0 Å². The van der Waals surface area contributed by atoms with E-state index in [1.54, 1.807) is 35.2 Å². The molecule has 0 spiro atoms. The summed E-state index contributed by atoms with van der Waals surface area (Å²) in [5, 5.41) is 5.67. The first-order valence-electron chi connectivity index (χ1n) is 8.34. The van der Waals surface area contributed by atoms with Crippen molar-refractivity contribution in [2.45, 2.75) is 19.5 Å². The van der Waals surface area contributed by atoms with E-state index >= 15 is 0 Å². The molecule has 0 saturated carbocycles. The van der Waals surface area contributed by atoms with Gasteiger partial charge in [-0.05, 0) is 42.8 Å². The molecule has 3 amide bonds. The molecule has 0 saturated heterocycles. The van der Waals surface area contributed by atoms with E-state index in [4.69, 9.17) is 11.6 Å². The van der Waals surface area contributed by atoms with Crippen LogP contribution in [0.5, 0.6) is 0 Å². The molecule has 1 heterocycles. The predicted molar refractivity (Wildman–Crippen MR) is 106 cm³/mol. The highest BCUT2D eigenvalue weighted by atomic mass is 79.9. The van der Waals surface area contributed by atoms with Gasteiger partial charge in [-0.1, -0.05) is 39.7 Å². The highest BCUT2D eigenvalue weighted by Crippen LogP contribution is 2.37. The Labute approximate surface area is 170 Å². The number of anilines is 1. The summed E-state index contributed by atoms with van der Waals surface area (Å²) in [4.78, 5) is 38.6. The number of rotatable bonds is 4. The van der Waals surface area contributed by atoms with Crippen LogP contribution in [0.1, 0.15) is 24.1 Å². The number of hydrogen-bond donors (Lipinski definition) is 2. The molecular weight excluding hydrogens is 434 g/mol. The summed E-state index contributed by atoms with van der Waals surface area (Å²) in [6.45, 7) is 2.51. The van der Waals surface area contributed by atoms with Gasteiger partial charge in [0.2, 0.25) is 0 Å². The van der Waals surface area contributed by atoms with E-state index in [0.29, 0.717) is 17.1 Å². The van der Waals surface area contributed by atoms with Crippen LogP contribution in [-0.4, -0.2) is 24.3 Å². The molecule has 2 aromatic rings. The van der Waals surface area contributed by atoms with E-state index < -0.39 is 17.9 Å². The first kappa shape index (κ1) is 19.4. The Balaban J connectivity index is 1.68. The van der Waals surface area contributed by atoms with E-state index in [1.807, 2.05) is 19.1 Å². The number of nitrogens with zero attached hydrogens (tertiary/aromatic N) is 1. The van der Waals surface area contributed by atoms with Crippen molar-refractivity contribution in [1.82, 2.24) is 10.6 Å². The van der Waals surface area contributed by atoms with Crippen LogP contribution in [0.25, 0.3) is 0 Å². The Morgan fingerprint density at radius 3 is 2.52 bits per heavy atom. The fourth-order valence-electron chi connectivity index (χ4n) is 2.94. The summed E-state index contributed by atoms with van der Waals surface area (Å²) in [6, 6.07) is 11.5. The minimum Gasteiger partial charge on any atom is -0.344 e. The zero-order valence-corrected chi connectivity index (χ0v) is 16.8. The lowest BCUT2D eigenvalue weighted by molar-refractivity contribution is -0.140. The van der Waals surface area contributed by atoms with Gasteiger partial charge in [0.1, 0.15) is 6.04 Å². The van der Waals surface area contributed by atoms with Gasteiger partial charge < -0.3 is 15.5 Å². The van der Waals surface area contributed by atoms with E-state index in [-0.39, 0.29) is 12.5 Å². The van der Waals surface area contributed by atoms with Gasteiger partial charge in [0.15, 0.2) is 0 Å². The molecule has 0 aliphatic carbocycles. The molecule has 1 atom stereocenters. The van der Waals surface area contributed by atoms with Gasteiger partial charge >= 0.3 is 11.8 Å². The van der Waals surface area contributed by atoms with Crippen molar-refractivity contribution in [2.24, 2.45) is 0 Å². The standard InChI is InChI=1S/C19H17BrClN3O3/c1-2-24-15-8-5-12(20)9-14(15)16(19(24)27)23-18(26)17(25)22-10-11-3-6-13(21)7-4-11/h3-9,16H,2,10H2,1H3,(H,22,25)(H,23,26). The molecule has 1 unspecified atom stereocenters. The molecule has 3 rings (SSSR count). The Bertz CT molecular complexity index is 902. The van der Waals surface area contributed by atoms with Gasteiger partial charge in [0.05, 0.1) is 0 Å². The number of fused-ring (bicyclic) bond motifs is 1. The van der Waals surface area contributed by atoms with Gasteiger partial charge in [-0.2, -0.15) is 0 Å². The van der Waals surface area contributed by atoms with Gasteiger partial charge in [-0.25, -0.2) is 0 Å². The van der Waals surface area contributed by atoms with Crippen LogP contribution < -0.4 is 15.5 Å². The largest absolute Gasteiger partial charge is 0.344 e. The SMILES string of the molecule is CCN1C(=O)C(NC(=O)C(=O)NCc2ccc(Cl)cc2)c2cc(Br)ccc21. The highest BCUT2D eigenvalue weighted by Gasteiger charge is 2.38. The van der Waals surface area contributed by atoms with Crippen LogP contribution >= 0.6 is 27.5 Å². The first-order chi connectivity index (χ1) is 12.9. The summed E-state index contributed by atoms with van der Waals surface area (Å²) < 4.78 is 0.790. The number of hydrogen-bond acceptors (Lipinski definition) is 3. The van der Waals surface area contributed by atoms with Crippen molar-refractivity contribution in [3.63, 3.8) is 0 Å². The summed E-state index contributed by atoms with van der Waals surface area (Å²) in [6.07, 6.45) is 0. The van der Waals surface area contributed by atoms with Crippen LogP contribution in [0.2, 0.25) is 5.02 Å². The third-order valence-electron chi connectivity index (χ3n) is 4.27. The van der Waals surface area contributed by atoms with Crippen molar-refractivity contribution < 1.29 is 14.4 Å². The van der Waals surface area contributed by atoms with Crippen molar-refractivity contribution in [1.29, 1.82) is 0 Å². The second-order valence-electron chi connectivity index (χ2n) is 6.00. The van der Waals surface area contributed by atoms with Crippen molar-refractivity contribution in [2.75, 3.05) is 11.4 Å². The van der Waals surface area contributed by atoms with Gasteiger partial charge in [-0.3, -0.25) is 14.4 Å². The van der Waals surface area contributed by atoms with Crippen molar-refractivity contribution in [3.05, 3.63) is 63.1 Å². The third-order valence-corrected chi connectivity index (χ3v) is 5.01. The normalized spacial score (nSPS) is 15.4. The lowest BCUT2D eigenvalue weighted by Crippen LogP contribution is -2.44. The molecular formula is C19H17BrClN3O3. The van der Waals surface area contributed by atoms with Gasteiger partial charge in [-0.15, -0.1) is 0 Å². The second kappa shape index (κ2) is 8.10. The Hall–Kier alpha value is -2.38. The van der Waals surface area contributed by atoms with Gasteiger partial charge in [0.25, 0.3) is 5.91 Å². The maximum atomic E-state index is 12.6. The fraction of sp³-hybridized carbons (Fsp3) is 0.211. The number of amides is 3. The van der Waals surface area contributed by atoms with Crippen molar-refractivity contribution in [3.8, 4) is 0 Å². The molecule has 140 valence electrons. The molecule has 8 heteroatoms. The second-order valence-corrected chi connectivity index (χ2v) is 7.35. The molecule has 0 radical (unpaired) electrons. The maximum absolute atomic E-state index is 12.6. The highest BCUT2D eigenvalue weighted by molar-refractivity contribution is 9.10. The average molecular weight is 451 g/mol. The molecule has 27 heavy (non-hydrogen) atoms. The molecule has 0 fully saturated rings. The van der Waals surface area contributed by atoms with E-state index in [9.17, 15) is 14.4 Å². The zero-order valence-electron chi connectivity index (χ0n) is 14.5. The molecule has 2 N–H and O–H groups in total. The quantitative estimate of drug-likeness (QED) is 0.703.